The molecule has 4 N–H and O–H groups in total. The first kappa shape index (κ1) is 11.4. The Kier molecular flexibility index (Phi) is 3.42. The third-order valence-electron chi connectivity index (χ3n) is 2.23. The molecule has 0 amide bonds. The van der Waals surface area contributed by atoms with Gasteiger partial charge in [0.05, 0.1) is 0 Å². The van der Waals surface area contributed by atoms with E-state index in [1.54, 1.807) is 25.1 Å². The number of hydrogen-bond acceptors (Lipinski definition) is 4. The average molecular weight is 213 g/mol. The third kappa shape index (κ3) is 2.41. The lowest BCUT2D eigenvalue weighted by Gasteiger charge is -2.25. The molecule has 0 aromatic heterocycles. The fraction of sp³-hybridized carbons (Fsp3) is 0.400. The lowest BCUT2D eigenvalue weighted by atomic mass is 9.89. The number of benzene rings is 1. The maximum atomic E-state index is 9.64. The summed E-state index contributed by atoms with van der Waals surface area (Å²) in [4.78, 5) is 0.686. The molecule has 4 heteroatoms. The Labute approximate surface area is 89.0 Å². The van der Waals surface area contributed by atoms with E-state index in [4.69, 9.17) is 10.8 Å². The minimum atomic E-state index is -0.708. The lowest BCUT2D eigenvalue weighted by Crippen LogP contribution is -2.34. The molecule has 0 saturated carbocycles. The van der Waals surface area contributed by atoms with Gasteiger partial charge in [-0.2, -0.15) is 0 Å². The molecule has 0 aliphatic heterocycles. The quantitative estimate of drug-likeness (QED) is 0.571. The average Bonchev–Trinajstić information content (AvgIpc) is 2.02. The predicted octanol–water partition coefficient (Wildman–Crippen LogP) is 1.24. The van der Waals surface area contributed by atoms with E-state index in [2.05, 4.69) is 12.6 Å². The number of phenolic OH excluding ortho intramolecular Hbond substituents is 1. The van der Waals surface area contributed by atoms with Crippen LogP contribution in [0.1, 0.15) is 18.9 Å². The Morgan fingerprint density at radius 1 is 1.50 bits per heavy atom. The summed E-state index contributed by atoms with van der Waals surface area (Å²) in [5.74, 6) is 0.121. The maximum Gasteiger partial charge on any atom is 0.121 e. The largest absolute Gasteiger partial charge is 0.508 e. The molecule has 1 unspecified atom stereocenters. The fourth-order valence-electron chi connectivity index (χ4n) is 1.37. The summed E-state index contributed by atoms with van der Waals surface area (Å²) in [6.45, 7) is 1.77. The van der Waals surface area contributed by atoms with Crippen LogP contribution in [-0.2, 0) is 5.54 Å². The number of nitrogens with two attached hydrogens (primary N) is 1. The highest BCUT2D eigenvalue weighted by atomic mass is 32.1. The molecule has 0 spiro atoms. The van der Waals surface area contributed by atoms with Crippen molar-refractivity contribution in [3.05, 3.63) is 23.8 Å². The number of hydrogen-bond donors (Lipinski definition) is 4. The Hall–Kier alpha value is -0.710. The molecule has 0 aliphatic rings. The van der Waals surface area contributed by atoms with Gasteiger partial charge in [0.2, 0.25) is 0 Å². The van der Waals surface area contributed by atoms with Crippen LogP contribution in [0.3, 0.4) is 0 Å². The van der Waals surface area contributed by atoms with E-state index >= 15 is 0 Å². The second-order valence-corrected chi connectivity index (χ2v) is 4.11. The number of aliphatic hydroxyl groups excluding tert-OH is 1. The molecule has 0 bridgehead atoms. The first-order valence-electron chi connectivity index (χ1n) is 4.39. The lowest BCUT2D eigenvalue weighted by molar-refractivity contribution is 0.245. The van der Waals surface area contributed by atoms with Crippen LogP contribution in [0, 0.1) is 0 Å². The highest BCUT2D eigenvalue weighted by Crippen LogP contribution is 2.31. The number of rotatable bonds is 3. The third-order valence-corrected chi connectivity index (χ3v) is 2.51. The zero-order valence-corrected chi connectivity index (χ0v) is 8.96. The van der Waals surface area contributed by atoms with Crippen LogP contribution in [0.15, 0.2) is 23.1 Å². The molecule has 1 aromatic rings. The first-order chi connectivity index (χ1) is 6.47. The SMILES string of the molecule is CC(N)(CCO)c1ccc(S)cc1O. The normalized spacial score (nSPS) is 15.1. The van der Waals surface area contributed by atoms with Gasteiger partial charge in [-0.15, -0.1) is 12.6 Å². The number of aliphatic hydroxyl groups is 1. The molecule has 1 atom stereocenters. The van der Waals surface area contributed by atoms with E-state index in [9.17, 15) is 5.11 Å². The number of aromatic hydroxyl groups is 1. The molecule has 0 fully saturated rings. The molecule has 0 radical (unpaired) electrons. The Balaban J connectivity index is 3.06. The summed E-state index contributed by atoms with van der Waals surface area (Å²) in [5, 5.41) is 18.5. The monoisotopic (exact) mass is 213 g/mol. The van der Waals surface area contributed by atoms with Crippen LogP contribution in [0.2, 0.25) is 0 Å². The standard InChI is InChI=1S/C10H15NO2S/c1-10(11,4-5-12)8-3-2-7(14)6-9(8)13/h2-3,6,12-14H,4-5,11H2,1H3. The molecule has 1 aromatic carbocycles. The summed E-state index contributed by atoms with van der Waals surface area (Å²) < 4.78 is 0. The van der Waals surface area contributed by atoms with Crippen LogP contribution in [0.25, 0.3) is 0 Å². The van der Waals surface area contributed by atoms with Crippen molar-refractivity contribution in [2.24, 2.45) is 5.73 Å². The van der Waals surface area contributed by atoms with E-state index in [-0.39, 0.29) is 12.4 Å². The van der Waals surface area contributed by atoms with Crippen molar-refractivity contribution in [2.75, 3.05) is 6.61 Å². The zero-order chi connectivity index (χ0) is 10.8. The van der Waals surface area contributed by atoms with Gasteiger partial charge in [-0.25, -0.2) is 0 Å². The molecular formula is C10H15NO2S. The van der Waals surface area contributed by atoms with Crippen LogP contribution < -0.4 is 5.73 Å². The van der Waals surface area contributed by atoms with Gasteiger partial charge in [0.1, 0.15) is 5.75 Å². The minimum Gasteiger partial charge on any atom is -0.508 e. The second kappa shape index (κ2) is 4.21. The first-order valence-corrected chi connectivity index (χ1v) is 4.84. The zero-order valence-electron chi connectivity index (χ0n) is 8.07. The molecule has 78 valence electrons. The Morgan fingerprint density at radius 3 is 2.64 bits per heavy atom. The summed E-state index contributed by atoms with van der Waals surface area (Å²) >= 11 is 4.10. The molecule has 3 nitrogen and oxygen atoms in total. The Bertz CT molecular complexity index is 326. The second-order valence-electron chi connectivity index (χ2n) is 3.59. The highest BCUT2D eigenvalue weighted by Gasteiger charge is 2.23. The van der Waals surface area contributed by atoms with Crippen LogP contribution in [-0.4, -0.2) is 16.8 Å². The van der Waals surface area contributed by atoms with Gasteiger partial charge in [0.25, 0.3) is 0 Å². The van der Waals surface area contributed by atoms with Gasteiger partial charge in [-0.05, 0) is 25.5 Å². The van der Waals surface area contributed by atoms with Crippen molar-refractivity contribution >= 4 is 12.6 Å². The topological polar surface area (TPSA) is 66.5 Å². The number of thiol groups is 1. The summed E-state index contributed by atoms with van der Waals surface area (Å²) in [7, 11) is 0. The van der Waals surface area contributed by atoms with Crippen molar-refractivity contribution in [1.29, 1.82) is 0 Å². The maximum absolute atomic E-state index is 9.64. The van der Waals surface area contributed by atoms with Gasteiger partial charge >= 0.3 is 0 Å². The van der Waals surface area contributed by atoms with Gasteiger partial charge in [0, 0.05) is 22.6 Å². The summed E-state index contributed by atoms with van der Waals surface area (Å²) in [6.07, 6.45) is 0.409. The number of phenols is 1. The van der Waals surface area contributed by atoms with E-state index in [1.807, 2.05) is 0 Å². The van der Waals surface area contributed by atoms with E-state index < -0.39 is 5.54 Å². The van der Waals surface area contributed by atoms with Crippen molar-refractivity contribution < 1.29 is 10.2 Å². The highest BCUT2D eigenvalue weighted by molar-refractivity contribution is 7.80. The van der Waals surface area contributed by atoms with Crippen molar-refractivity contribution in [3.63, 3.8) is 0 Å². The van der Waals surface area contributed by atoms with Gasteiger partial charge in [-0.3, -0.25) is 0 Å². The molecular weight excluding hydrogens is 198 g/mol. The van der Waals surface area contributed by atoms with Crippen molar-refractivity contribution in [1.82, 2.24) is 0 Å². The smallest absolute Gasteiger partial charge is 0.121 e. The van der Waals surface area contributed by atoms with Gasteiger partial charge in [0.15, 0.2) is 0 Å². The van der Waals surface area contributed by atoms with Crippen molar-refractivity contribution in [3.8, 4) is 5.75 Å². The minimum absolute atomic E-state index is 0.00489. The predicted molar refractivity (Wildman–Crippen MR) is 58.6 cm³/mol. The van der Waals surface area contributed by atoms with Gasteiger partial charge < -0.3 is 15.9 Å². The molecule has 0 heterocycles. The van der Waals surface area contributed by atoms with Crippen molar-refractivity contribution in [2.45, 2.75) is 23.8 Å². The molecule has 14 heavy (non-hydrogen) atoms. The Morgan fingerprint density at radius 2 is 2.14 bits per heavy atom. The van der Waals surface area contributed by atoms with E-state index in [1.165, 1.54) is 0 Å². The fourth-order valence-corrected chi connectivity index (χ4v) is 1.57. The van der Waals surface area contributed by atoms with Gasteiger partial charge in [-0.1, -0.05) is 6.07 Å². The van der Waals surface area contributed by atoms with E-state index in [0.29, 0.717) is 16.9 Å². The van der Waals surface area contributed by atoms with E-state index in [0.717, 1.165) is 0 Å². The molecule has 0 aliphatic carbocycles. The van der Waals surface area contributed by atoms with Crippen LogP contribution in [0.4, 0.5) is 0 Å². The molecule has 1 rings (SSSR count). The van der Waals surface area contributed by atoms with Crippen LogP contribution >= 0.6 is 12.6 Å². The summed E-state index contributed by atoms with van der Waals surface area (Å²) in [6, 6.07) is 5.04. The van der Waals surface area contributed by atoms with Crippen LogP contribution in [0.5, 0.6) is 5.75 Å². The summed E-state index contributed by atoms with van der Waals surface area (Å²) in [5.41, 5.74) is 5.88. The molecule has 0 saturated heterocycles.